The molecule has 0 aliphatic carbocycles. The van der Waals surface area contributed by atoms with E-state index in [0.717, 1.165) is 0 Å². The van der Waals surface area contributed by atoms with Crippen molar-refractivity contribution in [3.8, 4) is 0 Å². The average Bonchev–Trinajstić information content (AvgIpc) is 2.85. The second-order valence-corrected chi connectivity index (χ2v) is 4.64. The lowest BCUT2D eigenvalue weighted by Gasteiger charge is -2.05. The Morgan fingerprint density at radius 3 is 2.47 bits per heavy atom. The van der Waals surface area contributed by atoms with Gasteiger partial charge in [-0.05, 0) is 31.2 Å². The van der Waals surface area contributed by atoms with Gasteiger partial charge in [0.1, 0.15) is 4.88 Å². The highest BCUT2D eigenvalue weighted by atomic mass is 32.1. The quantitative estimate of drug-likeness (QED) is 0.874. The Morgan fingerprint density at radius 2 is 1.95 bits per heavy atom. The average molecular weight is 276 g/mol. The number of ether oxygens (including phenoxy) is 1. The topological polar surface area (TPSA) is 68.3 Å². The van der Waals surface area contributed by atoms with Crippen LogP contribution >= 0.6 is 11.3 Å². The van der Waals surface area contributed by atoms with Gasteiger partial charge in [-0.1, -0.05) is 0 Å². The van der Waals surface area contributed by atoms with Crippen LogP contribution in [0.2, 0.25) is 0 Å². The number of rotatable bonds is 3. The van der Waals surface area contributed by atoms with E-state index in [0.29, 0.717) is 21.8 Å². The SMILES string of the molecule is COC(=O)c1ccc(NC(=O)c2scnc2C)cc1. The fourth-order valence-electron chi connectivity index (χ4n) is 1.52. The van der Waals surface area contributed by atoms with Gasteiger partial charge in [-0.2, -0.15) is 0 Å². The first-order valence-corrected chi connectivity index (χ1v) is 6.39. The zero-order chi connectivity index (χ0) is 13.8. The van der Waals surface area contributed by atoms with E-state index in [1.54, 1.807) is 36.7 Å². The zero-order valence-electron chi connectivity index (χ0n) is 10.5. The van der Waals surface area contributed by atoms with E-state index in [4.69, 9.17) is 0 Å². The van der Waals surface area contributed by atoms with Crippen LogP contribution in [0.4, 0.5) is 5.69 Å². The van der Waals surface area contributed by atoms with Crippen LogP contribution in [-0.4, -0.2) is 24.0 Å². The molecule has 0 aliphatic heterocycles. The number of carbonyl (C=O) groups excluding carboxylic acids is 2. The molecule has 0 fully saturated rings. The number of methoxy groups -OCH3 is 1. The number of aromatic nitrogens is 1. The first kappa shape index (κ1) is 13.2. The minimum atomic E-state index is -0.406. The molecule has 0 spiro atoms. The molecule has 0 aliphatic rings. The minimum Gasteiger partial charge on any atom is -0.465 e. The molecule has 1 aromatic carbocycles. The highest BCUT2D eigenvalue weighted by molar-refractivity contribution is 7.12. The van der Waals surface area contributed by atoms with Gasteiger partial charge in [0.15, 0.2) is 0 Å². The molecule has 1 heterocycles. The van der Waals surface area contributed by atoms with Crippen LogP contribution in [0.15, 0.2) is 29.8 Å². The molecule has 5 nitrogen and oxygen atoms in total. The van der Waals surface area contributed by atoms with Crippen molar-refractivity contribution in [2.24, 2.45) is 0 Å². The van der Waals surface area contributed by atoms with E-state index in [9.17, 15) is 9.59 Å². The monoisotopic (exact) mass is 276 g/mol. The van der Waals surface area contributed by atoms with E-state index in [-0.39, 0.29) is 5.91 Å². The van der Waals surface area contributed by atoms with Gasteiger partial charge in [-0.25, -0.2) is 9.78 Å². The summed E-state index contributed by atoms with van der Waals surface area (Å²) in [6.07, 6.45) is 0. The second-order valence-electron chi connectivity index (χ2n) is 3.79. The van der Waals surface area contributed by atoms with Gasteiger partial charge >= 0.3 is 5.97 Å². The molecule has 2 rings (SSSR count). The Balaban J connectivity index is 2.10. The maximum atomic E-state index is 11.9. The highest BCUT2D eigenvalue weighted by Crippen LogP contribution is 2.16. The fourth-order valence-corrected chi connectivity index (χ4v) is 2.21. The third-order valence-electron chi connectivity index (χ3n) is 2.52. The van der Waals surface area contributed by atoms with E-state index in [2.05, 4.69) is 15.0 Å². The number of aryl methyl sites for hydroxylation is 1. The van der Waals surface area contributed by atoms with Crippen molar-refractivity contribution in [2.75, 3.05) is 12.4 Å². The Labute approximate surface area is 114 Å². The first-order valence-electron chi connectivity index (χ1n) is 5.51. The molecule has 0 bridgehead atoms. The van der Waals surface area contributed by atoms with Crippen molar-refractivity contribution in [3.63, 3.8) is 0 Å². The molecule has 0 unspecified atom stereocenters. The predicted octanol–water partition coefficient (Wildman–Crippen LogP) is 2.49. The van der Waals surface area contributed by atoms with Gasteiger partial charge in [-0.15, -0.1) is 11.3 Å². The Kier molecular flexibility index (Phi) is 3.91. The summed E-state index contributed by atoms with van der Waals surface area (Å²) in [6.45, 7) is 1.78. The van der Waals surface area contributed by atoms with Gasteiger partial charge in [-0.3, -0.25) is 4.79 Å². The van der Waals surface area contributed by atoms with E-state index >= 15 is 0 Å². The van der Waals surface area contributed by atoms with Crippen molar-refractivity contribution in [2.45, 2.75) is 6.92 Å². The van der Waals surface area contributed by atoms with Crippen molar-refractivity contribution in [1.29, 1.82) is 0 Å². The molecular weight excluding hydrogens is 264 g/mol. The van der Waals surface area contributed by atoms with Gasteiger partial charge < -0.3 is 10.1 Å². The molecule has 1 aromatic heterocycles. The number of anilines is 1. The summed E-state index contributed by atoms with van der Waals surface area (Å²) >= 11 is 1.29. The molecule has 1 amide bonds. The lowest BCUT2D eigenvalue weighted by Crippen LogP contribution is -2.11. The predicted molar refractivity (Wildman–Crippen MR) is 72.6 cm³/mol. The molecule has 2 aromatic rings. The van der Waals surface area contributed by atoms with E-state index < -0.39 is 5.97 Å². The minimum absolute atomic E-state index is 0.203. The zero-order valence-corrected chi connectivity index (χ0v) is 11.3. The number of nitrogens with zero attached hydrogens (tertiary/aromatic N) is 1. The van der Waals surface area contributed by atoms with Crippen molar-refractivity contribution in [3.05, 3.63) is 45.9 Å². The van der Waals surface area contributed by atoms with Gasteiger partial charge in [0.25, 0.3) is 5.91 Å². The normalized spacial score (nSPS) is 10.0. The number of nitrogens with one attached hydrogen (secondary N) is 1. The lowest BCUT2D eigenvalue weighted by atomic mass is 10.2. The summed E-state index contributed by atoms with van der Waals surface area (Å²) in [5.74, 6) is -0.609. The van der Waals surface area contributed by atoms with Crippen molar-refractivity contribution in [1.82, 2.24) is 4.98 Å². The van der Waals surface area contributed by atoms with Crippen molar-refractivity contribution < 1.29 is 14.3 Å². The molecule has 1 N–H and O–H groups in total. The molecule has 0 atom stereocenters. The van der Waals surface area contributed by atoms with Crippen LogP contribution in [-0.2, 0) is 4.74 Å². The maximum Gasteiger partial charge on any atom is 0.337 e. The number of thiazole rings is 1. The highest BCUT2D eigenvalue weighted by Gasteiger charge is 2.12. The van der Waals surface area contributed by atoms with Crippen LogP contribution in [0.25, 0.3) is 0 Å². The molecule has 0 saturated carbocycles. The first-order chi connectivity index (χ1) is 9.11. The number of benzene rings is 1. The van der Waals surface area contributed by atoms with Crippen LogP contribution in [0.1, 0.15) is 25.7 Å². The largest absolute Gasteiger partial charge is 0.465 e. The van der Waals surface area contributed by atoms with Crippen LogP contribution < -0.4 is 5.32 Å². The Bertz CT molecular complexity index is 605. The van der Waals surface area contributed by atoms with E-state index in [1.807, 2.05) is 0 Å². The number of hydrogen-bond acceptors (Lipinski definition) is 5. The van der Waals surface area contributed by atoms with Gasteiger partial charge in [0.05, 0.1) is 23.9 Å². The summed E-state index contributed by atoms with van der Waals surface area (Å²) in [7, 11) is 1.32. The van der Waals surface area contributed by atoms with E-state index in [1.165, 1.54) is 18.4 Å². The Morgan fingerprint density at radius 1 is 1.26 bits per heavy atom. The van der Waals surface area contributed by atoms with Crippen LogP contribution in [0, 0.1) is 6.92 Å². The summed E-state index contributed by atoms with van der Waals surface area (Å²) < 4.78 is 4.60. The third kappa shape index (κ3) is 2.97. The van der Waals surface area contributed by atoms with Crippen LogP contribution in [0.3, 0.4) is 0 Å². The molecule has 19 heavy (non-hydrogen) atoms. The lowest BCUT2D eigenvalue weighted by molar-refractivity contribution is 0.0600. The van der Waals surface area contributed by atoms with Crippen molar-refractivity contribution >= 4 is 28.9 Å². The molecule has 6 heteroatoms. The Hall–Kier alpha value is -2.21. The fraction of sp³-hybridized carbons (Fsp3) is 0.154. The third-order valence-corrected chi connectivity index (χ3v) is 3.44. The van der Waals surface area contributed by atoms with Gasteiger partial charge in [0, 0.05) is 5.69 Å². The number of hydrogen-bond donors (Lipinski definition) is 1. The number of amides is 1. The van der Waals surface area contributed by atoms with Crippen LogP contribution in [0.5, 0.6) is 0 Å². The summed E-state index contributed by atoms with van der Waals surface area (Å²) in [6, 6.07) is 6.50. The summed E-state index contributed by atoms with van der Waals surface area (Å²) in [5.41, 5.74) is 3.39. The number of carbonyl (C=O) groups is 2. The maximum absolute atomic E-state index is 11.9. The second kappa shape index (κ2) is 5.62. The molecule has 0 radical (unpaired) electrons. The summed E-state index contributed by atoms with van der Waals surface area (Å²) in [4.78, 5) is 27.8. The molecular formula is C13H12N2O3S. The molecule has 0 saturated heterocycles. The number of esters is 1. The van der Waals surface area contributed by atoms with Gasteiger partial charge in [0.2, 0.25) is 0 Å². The summed E-state index contributed by atoms with van der Waals surface area (Å²) in [5, 5.41) is 2.75. The molecule has 98 valence electrons. The smallest absolute Gasteiger partial charge is 0.337 e. The standard InChI is InChI=1S/C13H12N2O3S/c1-8-11(19-7-14-8)12(16)15-10-5-3-9(4-6-10)13(17)18-2/h3-7H,1-2H3,(H,15,16).